The highest BCUT2D eigenvalue weighted by molar-refractivity contribution is 5.88. The first-order valence-corrected chi connectivity index (χ1v) is 5.56. The monoisotopic (exact) mass is 289 g/mol. The molecule has 0 saturated heterocycles. The molecule has 9 heteroatoms. The van der Waals surface area contributed by atoms with Crippen LogP contribution in [0.5, 0.6) is 0 Å². The molecule has 0 aliphatic rings. The molecule has 0 aliphatic heterocycles. The van der Waals surface area contributed by atoms with E-state index in [0.29, 0.717) is 0 Å². The van der Waals surface area contributed by atoms with E-state index in [9.17, 15) is 18.0 Å². The van der Waals surface area contributed by atoms with Crippen LogP contribution in [0, 0.1) is 0 Å². The number of rotatable bonds is 3. The van der Waals surface area contributed by atoms with Gasteiger partial charge < -0.3 is 13.7 Å². The van der Waals surface area contributed by atoms with Crippen molar-refractivity contribution in [1.82, 2.24) is 14.5 Å². The fourth-order valence-corrected chi connectivity index (χ4v) is 1.48. The van der Waals surface area contributed by atoms with E-state index in [1.54, 1.807) is 7.05 Å². The van der Waals surface area contributed by atoms with E-state index in [-0.39, 0.29) is 18.2 Å². The molecule has 108 valence electrons. The number of carbonyl (C=O) groups excluding carboxylic acids is 1. The Kier molecular flexibility index (Phi) is 3.51. The summed E-state index contributed by atoms with van der Waals surface area (Å²) in [6.07, 6.45) is -2.03. The lowest BCUT2D eigenvalue weighted by Crippen LogP contribution is -2.14. The van der Waals surface area contributed by atoms with Crippen molar-refractivity contribution in [3.63, 3.8) is 0 Å². The number of aromatic nitrogens is 3. The molecule has 0 amide bonds. The van der Waals surface area contributed by atoms with Crippen LogP contribution in [-0.2, 0) is 18.0 Å². The summed E-state index contributed by atoms with van der Waals surface area (Å²) in [7, 11) is 1.64. The molecule has 0 unspecified atom stereocenters. The van der Waals surface area contributed by atoms with Gasteiger partial charge in [-0.15, -0.1) is 0 Å². The molecular formula is C11H10F3N3O3. The fourth-order valence-electron chi connectivity index (χ4n) is 1.48. The maximum absolute atomic E-state index is 12.8. The minimum absolute atomic E-state index is 0.0737. The van der Waals surface area contributed by atoms with Crippen molar-refractivity contribution < 1.29 is 27.1 Å². The van der Waals surface area contributed by atoms with Crippen LogP contribution >= 0.6 is 0 Å². The van der Waals surface area contributed by atoms with Crippen molar-refractivity contribution in [2.24, 2.45) is 7.05 Å². The van der Waals surface area contributed by atoms with Crippen LogP contribution < -0.4 is 0 Å². The van der Waals surface area contributed by atoms with Gasteiger partial charge in [-0.25, -0.2) is 14.8 Å². The van der Waals surface area contributed by atoms with E-state index in [1.807, 2.05) is 0 Å². The quantitative estimate of drug-likeness (QED) is 0.811. The molecule has 0 bridgehead atoms. The zero-order valence-electron chi connectivity index (χ0n) is 10.6. The molecule has 2 aromatic rings. The van der Waals surface area contributed by atoms with E-state index in [4.69, 9.17) is 4.42 Å². The number of halogens is 3. The van der Waals surface area contributed by atoms with Crippen molar-refractivity contribution in [2.45, 2.75) is 13.1 Å². The van der Waals surface area contributed by atoms with Crippen molar-refractivity contribution in [3.8, 4) is 11.6 Å². The van der Waals surface area contributed by atoms with Crippen molar-refractivity contribution in [2.75, 3.05) is 6.61 Å². The van der Waals surface area contributed by atoms with Gasteiger partial charge in [0.15, 0.2) is 5.69 Å². The average molecular weight is 289 g/mol. The Hall–Kier alpha value is -2.32. The minimum atomic E-state index is -4.82. The summed E-state index contributed by atoms with van der Waals surface area (Å²) in [5, 5.41) is 0. The summed E-state index contributed by atoms with van der Waals surface area (Å²) in [6.45, 7) is 1.40. The second-order valence-electron chi connectivity index (χ2n) is 3.84. The molecule has 6 nitrogen and oxygen atoms in total. The van der Waals surface area contributed by atoms with Crippen LogP contribution in [0.1, 0.15) is 23.2 Å². The van der Waals surface area contributed by atoms with Crippen LogP contribution in [0.4, 0.5) is 13.2 Å². The van der Waals surface area contributed by atoms with Gasteiger partial charge in [-0.1, -0.05) is 0 Å². The second-order valence-corrected chi connectivity index (χ2v) is 3.84. The SMILES string of the molecule is CCOC(=O)c1oc(-c2cn(C)cn2)nc1C(F)(F)F. The predicted molar refractivity (Wildman–Crippen MR) is 59.7 cm³/mol. The third-order valence-electron chi connectivity index (χ3n) is 2.28. The summed E-state index contributed by atoms with van der Waals surface area (Å²) in [5.41, 5.74) is -1.33. The summed E-state index contributed by atoms with van der Waals surface area (Å²) in [6, 6.07) is 0. The molecule has 0 atom stereocenters. The molecule has 0 spiro atoms. The number of oxazole rings is 1. The lowest BCUT2D eigenvalue weighted by Gasteiger charge is -2.03. The number of hydrogen-bond acceptors (Lipinski definition) is 5. The second kappa shape index (κ2) is 4.99. The molecule has 2 rings (SSSR count). The van der Waals surface area contributed by atoms with E-state index in [0.717, 1.165) is 0 Å². The van der Waals surface area contributed by atoms with Gasteiger partial charge in [0.05, 0.1) is 12.9 Å². The normalized spacial score (nSPS) is 11.7. The number of esters is 1. The summed E-state index contributed by atoms with van der Waals surface area (Å²) in [4.78, 5) is 18.6. The Morgan fingerprint density at radius 1 is 1.50 bits per heavy atom. The number of aryl methyl sites for hydroxylation is 1. The van der Waals surface area contributed by atoms with Gasteiger partial charge in [-0.05, 0) is 6.92 Å². The van der Waals surface area contributed by atoms with Crippen molar-refractivity contribution in [1.29, 1.82) is 0 Å². The molecule has 0 aliphatic carbocycles. The number of nitrogens with zero attached hydrogens (tertiary/aromatic N) is 3. The van der Waals surface area contributed by atoms with E-state index < -0.39 is 23.6 Å². The molecule has 2 aromatic heterocycles. The van der Waals surface area contributed by atoms with Gasteiger partial charge in [0.2, 0.25) is 11.7 Å². The minimum Gasteiger partial charge on any atom is -0.460 e. The van der Waals surface area contributed by atoms with Crippen molar-refractivity contribution >= 4 is 5.97 Å². The zero-order valence-corrected chi connectivity index (χ0v) is 10.6. The first-order chi connectivity index (χ1) is 9.32. The predicted octanol–water partition coefficient (Wildman–Crippen LogP) is 2.27. The van der Waals surface area contributed by atoms with E-state index in [2.05, 4.69) is 14.7 Å². The molecule has 0 N–H and O–H groups in total. The first-order valence-electron chi connectivity index (χ1n) is 5.56. The van der Waals surface area contributed by atoms with Gasteiger partial charge in [0.1, 0.15) is 5.69 Å². The van der Waals surface area contributed by atoms with E-state index in [1.165, 1.54) is 24.0 Å². The molecule has 20 heavy (non-hydrogen) atoms. The Bertz CT molecular complexity index is 630. The van der Waals surface area contributed by atoms with Crippen molar-refractivity contribution in [3.05, 3.63) is 24.0 Å². The number of carbonyl (C=O) groups is 1. The average Bonchev–Trinajstić information content (AvgIpc) is 2.94. The lowest BCUT2D eigenvalue weighted by atomic mass is 10.3. The van der Waals surface area contributed by atoms with Gasteiger partial charge in [0.25, 0.3) is 0 Å². The highest BCUT2D eigenvalue weighted by Crippen LogP contribution is 2.34. The standard InChI is InChI=1S/C11H10F3N3O3/c1-3-19-10(18)7-8(11(12,13)14)16-9(20-7)6-4-17(2)5-15-6/h4-5H,3H2,1-2H3. The lowest BCUT2D eigenvalue weighted by molar-refractivity contribution is -0.141. The topological polar surface area (TPSA) is 70.2 Å². The Morgan fingerprint density at radius 2 is 2.20 bits per heavy atom. The Labute approximate surface area is 111 Å². The van der Waals surface area contributed by atoms with E-state index >= 15 is 0 Å². The van der Waals surface area contributed by atoms with Gasteiger partial charge >= 0.3 is 12.1 Å². The molecule has 0 fully saturated rings. The Balaban J connectivity index is 2.50. The van der Waals surface area contributed by atoms with Crippen LogP contribution in [-0.4, -0.2) is 27.1 Å². The maximum atomic E-state index is 12.8. The molecule has 2 heterocycles. The number of hydrogen-bond donors (Lipinski definition) is 0. The molecule has 0 saturated carbocycles. The summed E-state index contributed by atoms with van der Waals surface area (Å²) < 4.78 is 49.4. The summed E-state index contributed by atoms with van der Waals surface area (Å²) in [5.74, 6) is -2.57. The number of alkyl halides is 3. The summed E-state index contributed by atoms with van der Waals surface area (Å²) >= 11 is 0. The highest BCUT2D eigenvalue weighted by atomic mass is 19.4. The maximum Gasteiger partial charge on any atom is 0.437 e. The molecule has 0 aromatic carbocycles. The number of imidazole rings is 1. The molecular weight excluding hydrogens is 279 g/mol. The van der Waals surface area contributed by atoms with Crippen LogP contribution in [0.3, 0.4) is 0 Å². The van der Waals surface area contributed by atoms with Gasteiger partial charge in [-0.3, -0.25) is 0 Å². The fraction of sp³-hybridized carbons (Fsp3) is 0.364. The van der Waals surface area contributed by atoms with Crippen LogP contribution in [0.15, 0.2) is 16.9 Å². The van der Waals surface area contributed by atoms with Gasteiger partial charge in [0, 0.05) is 13.2 Å². The zero-order chi connectivity index (χ0) is 14.9. The van der Waals surface area contributed by atoms with Gasteiger partial charge in [-0.2, -0.15) is 13.2 Å². The smallest absolute Gasteiger partial charge is 0.437 e. The third-order valence-corrected chi connectivity index (χ3v) is 2.28. The number of ether oxygens (including phenoxy) is 1. The Morgan fingerprint density at radius 3 is 2.70 bits per heavy atom. The third kappa shape index (κ3) is 2.65. The molecule has 0 radical (unpaired) electrons. The largest absolute Gasteiger partial charge is 0.460 e. The van der Waals surface area contributed by atoms with Crippen LogP contribution in [0.2, 0.25) is 0 Å². The highest BCUT2D eigenvalue weighted by Gasteiger charge is 2.42. The van der Waals surface area contributed by atoms with Crippen LogP contribution in [0.25, 0.3) is 11.6 Å². The first kappa shape index (κ1) is 14.1.